The Bertz CT molecular complexity index is 895. The number of benzene rings is 2. The summed E-state index contributed by atoms with van der Waals surface area (Å²) < 4.78 is 38.0. The normalized spacial score (nSPS) is 11.1. The summed E-state index contributed by atoms with van der Waals surface area (Å²) in [5.74, 6) is -0.278. The van der Waals surface area contributed by atoms with Crippen LogP contribution < -0.4 is 9.04 Å². The molecule has 0 atom stereocenters. The van der Waals surface area contributed by atoms with E-state index in [1.165, 1.54) is 31.0 Å². The summed E-state index contributed by atoms with van der Waals surface area (Å²) >= 11 is 1.52. The lowest BCUT2D eigenvalue weighted by Gasteiger charge is -2.25. The molecule has 0 bridgehead atoms. The van der Waals surface area contributed by atoms with Crippen LogP contribution in [-0.2, 0) is 19.6 Å². The number of anilines is 1. The number of esters is 1. The van der Waals surface area contributed by atoms with Gasteiger partial charge in [-0.3, -0.25) is 9.10 Å². The van der Waals surface area contributed by atoms with Gasteiger partial charge in [0.05, 0.1) is 24.3 Å². The molecule has 0 aliphatic rings. The molecule has 0 radical (unpaired) electrons. The maximum Gasteiger partial charge on any atom is 0.326 e. The van der Waals surface area contributed by atoms with E-state index in [2.05, 4.69) is 0 Å². The van der Waals surface area contributed by atoms with Gasteiger partial charge in [-0.1, -0.05) is 6.07 Å². The molecule has 0 N–H and O–H groups in total. The van der Waals surface area contributed by atoms with E-state index in [1.807, 2.05) is 19.2 Å². The Morgan fingerprint density at radius 2 is 1.81 bits per heavy atom. The molecule has 0 aromatic heterocycles. The second-order valence-electron chi connectivity index (χ2n) is 5.67. The van der Waals surface area contributed by atoms with E-state index in [0.29, 0.717) is 11.4 Å². The molecular formula is C19H23NO5S2. The summed E-state index contributed by atoms with van der Waals surface area (Å²) in [7, 11) is -2.54. The molecule has 6 nitrogen and oxygen atoms in total. The van der Waals surface area contributed by atoms with Crippen molar-refractivity contribution >= 4 is 33.4 Å². The molecule has 146 valence electrons. The van der Waals surface area contributed by atoms with Gasteiger partial charge in [0.1, 0.15) is 12.3 Å². The van der Waals surface area contributed by atoms with Crippen LogP contribution in [0.2, 0.25) is 0 Å². The Labute approximate surface area is 164 Å². The molecule has 0 unspecified atom stereocenters. The molecule has 27 heavy (non-hydrogen) atoms. The number of hydrogen-bond donors (Lipinski definition) is 0. The van der Waals surface area contributed by atoms with Gasteiger partial charge in [-0.05, 0) is 62.1 Å². The number of carbonyl (C=O) groups is 1. The first-order valence-electron chi connectivity index (χ1n) is 8.30. The number of ether oxygens (including phenoxy) is 2. The minimum Gasteiger partial charge on any atom is -0.495 e. The van der Waals surface area contributed by atoms with Crippen molar-refractivity contribution in [2.45, 2.75) is 23.6 Å². The van der Waals surface area contributed by atoms with Gasteiger partial charge in [0.2, 0.25) is 0 Å². The summed E-state index contributed by atoms with van der Waals surface area (Å²) in [5, 5.41) is 0. The summed E-state index contributed by atoms with van der Waals surface area (Å²) in [6.45, 7) is 3.23. The zero-order valence-electron chi connectivity index (χ0n) is 15.8. The van der Waals surface area contributed by atoms with Crippen LogP contribution in [-0.4, -0.2) is 40.9 Å². The van der Waals surface area contributed by atoms with E-state index in [4.69, 9.17) is 9.47 Å². The number of methoxy groups -OCH3 is 1. The maximum absolute atomic E-state index is 13.3. The van der Waals surface area contributed by atoms with Gasteiger partial charge in [0.25, 0.3) is 10.0 Å². The van der Waals surface area contributed by atoms with Crippen molar-refractivity contribution in [1.29, 1.82) is 0 Å². The Morgan fingerprint density at radius 1 is 1.15 bits per heavy atom. The number of aryl methyl sites for hydroxylation is 1. The van der Waals surface area contributed by atoms with E-state index < -0.39 is 22.5 Å². The number of rotatable bonds is 8. The highest BCUT2D eigenvalue weighted by atomic mass is 32.2. The van der Waals surface area contributed by atoms with E-state index in [9.17, 15) is 13.2 Å². The van der Waals surface area contributed by atoms with E-state index in [0.717, 1.165) is 14.8 Å². The lowest BCUT2D eigenvalue weighted by Crippen LogP contribution is -2.37. The Kier molecular flexibility index (Phi) is 7.15. The Hall–Kier alpha value is -2.19. The molecular weight excluding hydrogens is 386 g/mol. The number of carbonyl (C=O) groups excluding carboxylic acids is 1. The van der Waals surface area contributed by atoms with Crippen molar-refractivity contribution in [3.8, 4) is 5.75 Å². The molecule has 2 rings (SSSR count). The standard InChI is InChI=1S/C19H23NO5S2/c1-5-25-19(21)13-20(17-12-14(2)6-11-18(17)24-3)27(22,23)16-9-7-15(26-4)8-10-16/h6-12H,5,13H2,1-4H3. The number of hydrogen-bond acceptors (Lipinski definition) is 6. The minimum absolute atomic E-state index is 0.0909. The fourth-order valence-corrected chi connectivity index (χ4v) is 4.31. The second kappa shape index (κ2) is 9.14. The molecule has 2 aromatic carbocycles. The quantitative estimate of drug-likeness (QED) is 0.491. The first-order valence-corrected chi connectivity index (χ1v) is 11.0. The monoisotopic (exact) mass is 409 g/mol. The van der Waals surface area contributed by atoms with Crippen LogP contribution in [0.4, 0.5) is 5.69 Å². The van der Waals surface area contributed by atoms with Crippen molar-refractivity contribution in [1.82, 2.24) is 0 Å². The van der Waals surface area contributed by atoms with E-state index in [-0.39, 0.29) is 11.5 Å². The highest BCUT2D eigenvalue weighted by molar-refractivity contribution is 7.98. The molecule has 0 saturated heterocycles. The van der Waals surface area contributed by atoms with Gasteiger partial charge in [-0.15, -0.1) is 11.8 Å². The van der Waals surface area contributed by atoms with Gasteiger partial charge < -0.3 is 9.47 Å². The molecule has 0 spiro atoms. The highest BCUT2D eigenvalue weighted by Gasteiger charge is 2.30. The SMILES string of the molecule is CCOC(=O)CN(c1cc(C)ccc1OC)S(=O)(=O)c1ccc(SC)cc1. The molecule has 0 fully saturated rings. The molecule has 0 amide bonds. The van der Waals surface area contributed by atoms with E-state index in [1.54, 1.807) is 31.2 Å². The Morgan fingerprint density at radius 3 is 2.37 bits per heavy atom. The third-order valence-electron chi connectivity index (χ3n) is 3.83. The topological polar surface area (TPSA) is 72.9 Å². The van der Waals surface area contributed by atoms with Crippen LogP contribution in [0.3, 0.4) is 0 Å². The molecule has 0 aliphatic heterocycles. The summed E-state index contributed by atoms with van der Waals surface area (Å²) in [6, 6.07) is 11.7. The summed E-state index contributed by atoms with van der Waals surface area (Å²) in [4.78, 5) is 13.2. The van der Waals surface area contributed by atoms with Crippen molar-refractivity contribution < 1.29 is 22.7 Å². The average Bonchev–Trinajstić information content (AvgIpc) is 2.66. The fourth-order valence-electron chi connectivity index (χ4n) is 2.49. The van der Waals surface area contributed by atoms with Crippen molar-refractivity contribution in [2.24, 2.45) is 0 Å². The zero-order valence-corrected chi connectivity index (χ0v) is 17.4. The molecule has 0 saturated carbocycles. The zero-order chi connectivity index (χ0) is 20.0. The van der Waals surface area contributed by atoms with Crippen molar-refractivity contribution in [3.05, 3.63) is 48.0 Å². The fraction of sp³-hybridized carbons (Fsp3) is 0.316. The van der Waals surface area contributed by atoms with E-state index >= 15 is 0 Å². The summed E-state index contributed by atoms with van der Waals surface area (Å²) in [6.07, 6.45) is 1.91. The number of thioether (sulfide) groups is 1. The highest BCUT2D eigenvalue weighted by Crippen LogP contribution is 2.33. The molecule has 2 aromatic rings. The number of sulfonamides is 1. The smallest absolute Gasteiger partial charge is 0.326 e. The summed E-state index contributed by atoms with van der Waals surface area (Å²) in [5.41, 5.74) is 1.13. The Balaban J connectivity index is 2.57. The predicted octanol–water partition coefficient (Wildman–Crippen LogP) is 3.48. The second-order valence-corrected chi connectivity index (χ2v) is 8.41. The van der Waals surface area contributed by atoms with Crippen LogP contribution in [0, 0.1) is 6.92 Å². The van der Waals surface area contributed by atoms with Crippen molar-refractivity contribution in [2.75, 3.05) is 30.8 Å². The molecule has 8 heteroatoms. The van der Waals surface area contributed by atoms with Gasteiger partial charge >= 0.3 is 5.97 Å². The lowest BCUT2D eigenvalue weighted by atomic mass is 10.2. The maximum atomic E-state index is 13.3. The van der Waals surface area contributed by atoms with Crippen LogP contribution in [0.15, 0.2) is 52.3 Å². The lowest BCUT2D eigenvalue weighted by molar-refractivity contribution is -0.141. The van der Waals surface area contributed by atoms with Gasteiger partial charge in [0.15, 0.2) is 0 Å². The van der Waals surface area contributed by atoms with Crippen LogP contribution in [0.25, 0.3) is 0 Å². The molecule has 0 heterocycles. The van der Waals surface area contributed by atoms with Crippen molar-refractivity contribution in [3.63, 3.8) is 0 Å². The van der Waals surface area contributed by atoms with Crippen LogP contribution in [0.5, 0.6) is 5.75 Å². The molecule has 0 aliphatic carbocycles. The number of nitrogens with zero attached hydrogens (tertiary/aromatic N) is 1. The van der Waals surface area contributed by atoms with Gasteiger partial charge in [-0.25, -0.2) is 8.42 Å². The van der Waals surface area contributed by atoms with Crippen LogP contribution in [0.1, 0.15) is 12.5 Å². The largest absolute Gasteiger partial charge is 0.495 e. The predicted molar refractivity (Wildman–Crippen MR) is 107 cm³/mol. The third-order valence-corrected chi connectivity index (χ3v) is 6.35. The van der Waals surface area contributed by atoms with Crippen LogP contribution >= 0.6 is 11.8 Å². The van der Waals surface area contributed by atoms with Gasteiger partial charge in [-0.2, -0.15) is 0 Å². The minimum atomic E-state index is -4.00. The third kappa shape index (κ3) is 4.95. The van der Waals surface area contributed by atoms with Gasteiger partial charge in [0, 0.05) is 4.90 Å². The first-order chi connectivity index (χ1) is 12.8. The first kappa shape index (κ1) is 21.1. The average molecular weight is 410 g/mol.